The monoisotopic (exact) mass is 471 g/mol. The molecule has 4 aromatic rings. The number of hydrogen-bond acceptors (Lipinski definition) is 7. The summed E-state index contributed by atoms with van der Waals surface area (Å²) in [4.78, 5) is 22.7. The van der Waals surface area contributed by atoms with Gasteiger partial charge in [0.1, 0.15) is 0 Å². The first-order valence-electron chi connectivity index (χ1n) is 10.4. The lowest BCUT2D eigenvalue weighted by atomic mass is 10.0. The van der Waals surface area contributed by atoms with Crippen LogP contribution in [-0.4, -0.2) is 61.6 Å². The van der Waals surface area contributed by atoms with Gasteiger partial charge in [0.2, 0.25) is 10.8 Å². The third kappa shape index (κ3) is 3.76. The summed E-state index contributed by atoms with van der Waals surface area (Å²) in [5, 5.41) is 16.1. The molecule has 1 N–H and O–H groups in total. The minimum atomic E-state index is -0.202. The number of aromatic hydroxyl groups is 1. The van der Waals surface area contributed by atoms with Crippen LogP contribution in [0.2, 0.25) is 5.02 Å². The van der Waals surface area contributed by atoms with Crippen molar-refractivity contribution < 1.29 is 14.3 Å². The molecule has 1 aliphatic heterocycles. The number of piperazine rings is 1. The average molecular weight is 472 g/mol. The molecule has 10 heteroatoms. The van der Waals surface area contributed by atoms with E-state index in [0.717, 1.165) is 10.4 Å². The fourth-order valence-corrected chi connectivity index (χ4v) is 5.29. The largest absolute Gasteiger partial charge is 0.492 e. The Morgan fingerprint density at radius 1 is 1.22 bits per heavy atom. The van der Waals surface area contributed by atoms with Crippen LogP contribution in [0.1, 0.15) is 39.8 Å². The van der Waals surface area contributed by atoms with Crippen molar-refractivity contribution in [3.05, 3.63) is 69.7 Å². The topological polar surface area (TPSA) is 87.1 Å². The molecule has 0 radical (unpaired) electrons. The van der Waals surface area contributed by atoms with E-state index in [1.807, 2.05) is 31.2 Å². The average Bonchev–Trinajstić information content (AvgIpc) is 3.54. The van der Waals surface area contributed by atoms with Crippen LogP contribution in [-0.2, 0) is 6.42 Å². The van der Waals surface area contributed by atoms with Gasteiger partial charge in [0.25, 0.3) is 5.91 Å². The summed E-state index contributed by atoms with van der Waals surface area (Å²) in [5.74, 6) is 1.05. The maximum atomic E-state index is 12.7. The summed E-state index contributed by atoms with van der Waals surface area (Å²) in [6, 6.07) is 10.8. The summed E-state index contributed by atoms with van der Waals surface area (Å²) in [7, 11) is 0. The summed E-state index contributed by atoms with van der Waals surface area (Å²) < 4.78 is 6.78. The van der Waals surface area contributed by atoms with Gasteiger partial charge in [0.05, 0.1) is 17.2 Å². The van der Waals surface area contributed by atoms with E-state index in [9.17, 15) is 9.90 Å². The van der Waals surface area contributed by atoms with E-state index in [0.29, 0.717) is 54.2 Å². The Labute approximate surface area is 193 Å². The molecule has 3 aromatic heterocycles. The number of halogens is 1. The van der Waals surface area contributed by atoms with Crippen LogP contribution in [0.25, 0.3) is 4.96 Å². The van der Waals surface area contributed by atoms with Gasteiger partial charge < -0.3 is 14.4 Å². The lowest BCUT2D eigenvalue weighted by Gasteiger charge is -2.38. The first kappa shape index (κ1) is 21.0. The van der Waals surface area contributed by atoms with Gasteiger partial charge in [-0.15, -0.1) is 5.10 Å². The van der Waals surface area contributed by atoms with Crippen molar-refractivity contribution in [2.45, 2.75) is 19.4 Å². The fourth-order valence-electron chi connectivity index (χ4n) is 4.03. The SMILES string of the molecule is CCc1nc2sc([C@H](c3ccc(Cl)cc3)N3CCN(C(=O)c4ccco4)CC3)c(O)n2n1. The number of aryl methyl sites for hydroxylation is 1. The third-order valence-electron chi connectivity index (χ3n) is 5.69. The highest BCUT2D eigenvalue weighted by Crippen LogP contribution is 2.40. The van der Waals surface area contributed by atoms with E-state index in [1.165, 1.54) is 22.1 Å². The smallest absolute Gasteiger partial charge is 0.289 e. The molecule has 1 aromatic carbocycles. The van der Waals surface area contributed by atoms with Crippen LogP contribution in [0.4, 0.5) is 0 Å². The molecule has 0 saturated carbocycles. The zero-order chi connectivity index (χ0) is 22.2. The number of benzene rings is 1. The summed E-state index contributed by atoms with van der Waals surface area (Å²) in [5.41, 5.74) is 1.01. The normalized spacial score (nSPS) is 16.0. The Hall–Kier alpha value is -2.88. The van der Waals surface area contributed by atoms with Crippen molar-refractivity contribution in [3.8, 4) is 5.88 Å². The molecular formula is C22H22ClN5O3S. The number of aromatic nitrogens is 3. The molecule has 1 aliphatic rings. The van der Waals surface area contributed by atoms with Gasteiger partial charge in [-0.25, -0.2) is 4.98 Å². The predicted octanol–water partition coefficient (Wildman–Crippen LogP) is 3.85. The number of rotatable bonds is 5. The highest BCUT2D eigenvalue weighted by Gasteiger charge is 2.33. The van der Waals surface area contributed by atoms with Gasteiger partial charge in [-0.3, -0.25) is 9.69 Å². The van der Waals surface area contributed by atoms with E-state index in [2.05, 4.69) is 15.0 Å². The molecule has 0 aliphatic carbocycles. The van der Waals surface area contributed by atoms with Crippen LogP contribution < -0.4 is 0 Å². The summed E-state index contributed by atoms with van der Waals surface area (Å²) in [6.45, 7) is 4.40. The van der Waals surface area contributed by atoms with E-state index in [-0.39, 0.29) is 17.8 Å². The molecule has 1 amide bonds. The number of thiazole rings is 1. The Morgan fingerprint density at radius 3 is 2.59 bits per heavy atom. The summed E-state index contributed by atoms with van der Waals surface area (Å²) in [6.07, 6.45) is 2.21. The van der Waals surface area contributed by atoms with Crippen LogP contribution in [0, 0.1) is 0 Å². The Kier molecular flexibility index (Phi) is 5.62. The molecule has 5 rings (SSSR count). The van der Waals surface area contributed by atoms with Crippen molar-refractivity contribution in [2.75, 3.05) is 26.2 Å². The number of carbonyl (C=O) groups excluding carboxylic acids is 1. The predicted molar refractivity (Wildman–Crippen MR) is 121 cm³/mol. The van der Waals surface area contributed by atoms with Gasteiger partial charge in [0.15, 0.2) is 11.6 Å². The van der Waals surface area contributed by atoms with Crippen molar-refractivity contribution >= 4 is 33.8 Å². The molecule has 4 heterocycles. The molecule has 0 unspecified atom stereocenters. The highest BCUT2D eigenvalue weighted by molar-refractivity contribution is 7.17. The van der Waals surface area contributed by atoms with Gasteiger partial charge in [-0.05, 0) is 29.8 Å². The first-order valence-corrected chi connectivity index (χ1v) is 11.6. The second kappa shape index (κ2) is 8.57. The van der Waals surface area contributed by atoms with Gasteiger partial charge >= 0.3 is 0 Å². The standard InChI is InChI=1S/C22H22ClN5O3S/c1-2-17-24-22-28(25-17)21(30)19(32-22)18(14-5-7-15(23)8-6-14)26-9-11-27(12-10-26)20(29)16-4-3-13-31-16/h3-8,13,18,30H,2,9-12H2,1H3/t18-/m0/s1. The van der Waals surface area contributed by atoms with Crippen LogP contribution in [0.5, 0.6) is 5.88 Å². The zero-order valence-electron chi connectivity index (χ0n) is 17.4. The Morgan fingerprint density at radius 2 is 1.97 bits per heavy atom. The fraction of sp³-hybridized carbons (Fsp3) is 0.318. The first-order chi connectivity index (χ1) is 15.5. The lowest BCUT2D eigenvalue weighted by Crippen LogP contribution is -2.49. The molecule has 1 saturated heterocycles. The van der Waals surface area contributed by atoms with Crippen molar-refractivity contribution in [2.24, 2.45) is 0 Å². The minimum absolute atomic E-state index is 0.103. The lowest BCUT2D eigenvalue weighted by molar-refractivity contribution is 0.0568. The molecule has 0 spiro atoms. The van der Waals surface area contributed by atoms with E-state index < -0.39 is 0 Å². The second-order valence-electron chi connectivity index (χ2n) is 7.63. The van der Waals surface area contributed by atoms with Crippen LogP contribution in [0.3, 0.4) is 0 Å². The van der Waals surface area contributed by atoms with Gasteiger partial charge in [0, 0.05) is 37.6 Å². The molecule has 0 bridgehead atoms. The van der Waals surface area contributed by atoms with Gasteiger partial charge in [-0.1, -0.05) is 42.0 Å². The number of furan rings is 1. The minimum Gasteiger partial charge on any atom is -0.492 e. The molecule has 1 fully saturated rings. The Balaban J connectivity index is 1.45. The highest BCUT2D eigenvalue weighted by atomic mass is 35.5. The number of carbonyl (C=O) groups is 1. The van der Waals surface area contributed by atoms with E-state index >= 15 is 0 Å². The maximum Gasteiger partial charge on any atom is 0.289 e. The van der Waals surface area contributed by atoms with Crippen LogP contribution >= 0.6 is 22.9 Å². The van der Waals surface area contributed by atoms with Crippen molar-refractivity contribution in [3.63, 3.8) is 0 Å². The van der Waals surface area contributed by atoms with E-state index in [1.54, 1.807) is 17.0 Å². The zero-order valence-corrected chi connectivity index (χ0v) is 19.0. The van der Waals surface area contributed by atoms with Gasteiger partial charge in [-0.2, -0.15) is 4.52 Å². The molecule has 32 heavy (non-hydrogen) atoms. The van der Waals surface area contributed by atoms with Crippen molar-refractivity contribution in [1.29, 1.82) is 0 Å². The molecular weight excluding hydrogens is 450 g/mol. The summed E-state index contributed by atoms with van der Waals surface area (Å²) >= 11 is 7.56. The van der Waals surface area contributed by atoms with E-state index in [4.69, 9.17) is 16.0 Å². The van der Waals surface area contributed by atoms with Crippen LogP contribution in [0.15, 0.2) is 47.1 Å². The number of amides is 1. The third-order valence-corrected chi connectivity index (χ3v) is 7.02. The van der Waals surface area contributed by atoms with Crippen molar-refractivity contribution in [1.82, 2.24) is 24.4 Å². The molecule has 166 valence electrons. The number of fused-ring (bicyclic) bond motifs is 1. The number of nitrogens with zero attached hydrogens (tertiary/aromatic N) is 5. The quantitative estimate of drug-likeness (QED) is 0.475. The molecule has 1 atom stereocenters. The molecule has 8 nitrogen and oxygen atoms in total. The Bertz CT molecular complexity index is 1230. The maximum absolute atomic E-state index is 12.7. The number of hydrogen-bond donors (Lipinski definition) is 1. The second-order valence-corrected chi connectivity index (χ2v) is 9.07.